The fourth-order valence-corrected chi connectivity index (χ4v) is 5.48. The number of nitrogens with zero attached hydrogens (tertiary/aromatic N) is 2. The summed E-state index contributed by atoms with van der Waals surface area (Å²) in [5.41, 5.74) is 0.988. The van der Waals surface area contributed by atoms with E-state index in [9.17, 15) is 5.11 Å². The third-order valence-corrected chi connectivity index (χ3v) is 6.67. The molecule has 1 aromatic rings. The quantitative estimate of drug-likeness (QED) is 0.860. The summed E-state index contributed by atoms with van der Waals surface area (Å²) in [4.78, 5) is 8.63. The van der Waals surface area contributed by atoms with E-state index in [1.165, 1.54) is 55.2 Å². The van der Waals surface area contributed by atoms with Crippen LogP contribution >= 0.6 is 11.3 Å². The summed E-state index contributed by atoms with van der Waals surface area (Å²) >= 11 is 1.84. The molecule has 1 saturated carbocycles. The van der Waals surface area contributed by atoms with Crippen LogP contribution < -0.4 is 4.90 Å². The highest BCUT2D eigenvalue weighted by Crippen LogP contribution is 2.41. The number of thiazole rings is 1. The Hall–Kier alpha value is -0.610. The number of hydrogen-bond acceptors (Lipinski definition) is 4. The lowest BCUT2D eigenvalue weighted by Crippen LogP contribution is -2.41. The molecule has 4 rings (SSSR count). The molecule has 110 valence electrons. The predicted molar refractivity (Wildman–Crippen MR) is 82.3 cm³/mol. The minimum atomic E-state index is -0.309. The molecule has 0 aromatic carbocycles. The molecule has 0 spiro atoms. The first-order valence-electron chi connectivity index (χ1n) is 8.24. The maximum Gasteiger partial charge on any atom is 0.185 e. The summed E-state index contributed by atoms with van der Waals surface area (Å²) in [6, 6.07) is 0. The van der Waals surface area contributed by atoms with Crippen LogP contribution in [0.4, 0.5) is 5.13 Å². The Bertz CT molecular complexity index is 487. The number of rotatable bonds is 1. The highest BCUT2D eigenvalue weighted by Gasteiger charge is 2.33. The van der Waals surface area contributed by atoms with Gasteiger partial charge in [-0.15, -0.1) is 11.3 Å². The Kier molecular flexibility index (Phi) is 3.47. The number of piperidine rings is 1. The van der Waals surface area contributed by atoms with Crippen molar-refractivity contribution in [2.45, 2.75) is 57.5 Å². The molecule has 2 heterocycles. The van der Waals surface area contributed by atoms with Crippen LogP contribution in [0.5, 0.6) is 0 Å². The van der Waals surface area contributed by atoms with Gasteiger partial charge in [0.2, 0.25) is 0 Å². The van der Waals surface area contributed by atoms with Gasteiger partial charge in [0.25, 0.3) is 0 Å². The minimum absolute atomic E-state index is 0.309. The fourth-order valence-electron chi connectivity index (χ4n) is 4.29. The molecule has 1 aromatic heterocycles. The van der Waals surface area contributed by atoms with E-state index < -0.39 is 0 Å². The lowest BCUT2D eigenvalue weighted by molar-refractivity contribution is 0.153. The second-order valence-electron chi connectivity index (χ2n) is 6.75. The van der Waals surface area contributed by atoms with Crippen LogP contribution in [0, 0.1) is 11.8 Å². The van der Waals surface area contributed by atoms with Gasteiger partial charge in [0, 0.05) is 18.0 Å². The number of hydrogen-bond donors (Lipinski definition) is 1. The van der Waals surface area contributed by atoms with E-state index in [0.717, 1.165) is 36.8 Å². The molecule has 3 atom stereocenters. The maximum atomic E-state index is 10.1. The maximum absolute atomic E-state index is 10.1. The van der Waals surface area contributed by atoms with E-state index in [4.69, 9.17) is 4.98 Å². The van der Waals surface area contributed by atoms with Crippen LogP contribution in [0.1, 0.15) is 61.6 Å². The average Bonchev–Trinajstić information content (AvgIpc) is 2.92. The van der Waals surface area contributed by atoms with Crippen LogP contribution in [0.3, 0.4) is 0 Å². The zero-order valence-corrected chi connectivity index (χ0v) is 12.9. The van der Waals surface area contributed by atoms with Crippen molar-refractivity contribution in [3.63, 3.8) is 0 Å². The topological polar surface area (TPSA) is 36.4 Å². The van der Waals surface area contributed by atoms with Gasteiger partial charge in [-0.1, -0.05) is 19.3 Å². The van der Waals surface area contributed by atoms with Crippen LogP contribution in [0.25, 0.3) is 0 Å². The summed E-state index contributed by atoms with van der Waals surface area (Å²) in [5, 5.41) is 11.3. The van der Waals surface area contributed by atoms with Crippen molar-refractivity contribution in [1.82, 2.24) is 4.98 Å². The molecule has 0 bridgehead atoms. The summed E-state index contributed by atoms with van der Waals surface area (Å²) in [6.45, 7) is 2.37. The number of anilines is 1. The lowest BCUT2D eigenvalue weighted by atomic mass is 9.75. The van der Waals surface area contributed by atoms with Crippen molar-refractivity contribution in [3.05, 3.63) is 10.6 Å². The smallest absolute Gasteiger partial charge is 0.185 e. The van der Waals surface area contributed by atoms with Crippen molar-refractivity contribution < 1.29 is 5.11 Å². The van der Waals surface area contributed by atoms with Crippen LogP contribution in [-0.2, 0) is 6.42 Å². The Balaban J connectivity index is 1.53. The van der Waals surface area contributed by atoms with E-state index in [1.54, 1.807) is 0 Å². The van der Waals surface area contributed by atoms with Crippen LogP contribution in [0.15, 0.2) is 0 Å². The third-order valence-electron chi connectivity index (χ3n) is 5.48. The van der Waals surface area contributed by atoms with Gasteiger partial charge in [0.05, 0.1) is 11.8 Å². The summed E-state index contributed by atoms with van der Waals surface area (Å²) in [5.74, 6) is 1.86. The molecule has 0 amide bonds. The van der Waals surface area contributed by atoms with E-state index in [2.05, 4.69) is 4.90 Å². The van der Waals surface area contributed by atoms with Gasteiger partial charge in [0.1, 0.15) is 0 Å². The third kappa shape index (κ3) is 2.27. The van der Waals surface area contributed by atoms with Gasteiger partial charge in [-0.25, -0.2) is 4.98 Å². The summed E-state index contributed by atoms with van der Waals surface area (Å²) in [7, 11) is 0. The number of aryl methyl sites for hydroxylation is 1. The van der Waals surface area contributed by atoms with Crippen molar-refractivity contribution in [2.24, 2.45) is 11.8 Å². The van der Waals surface area contributed by atoms with Gasteiger partial charge in [-0.3, -0.25) is 0 Å². The van der Waals surface area contributed by atoms with Gasteiger partial charge >= 0.3 is 0 Å². The Morgan fingerprint density at radius 3 is 2.75 bits per heavy atom. The van der Waals surface area contributed by atoms with E-state index in [-0.39, 0.29) is 6.10 Å². The Morgan fingerprint density at radius 2 is 1.90 bits per heavy atom. The van der Waals surface area contributed by atoms with Crippen LogP contribution in [0.2, 0.25) is 0 Å². The molecule has 2 aliphatic carbocycles. The van der Waals surface area contributed by atoms with Crippen molar-refractivity contribution in [2.75, 3.05) is 18.0 Å². The zero-order chi connectivity index (χ0) is 13.5. The van der Waals surface area contributed by atoms with Crippen molar-refractivity contribution in [1.29, 1.82) is 0 Å². The predicted octanol–water partition coefficient (Wildman–Crippen LogP) is 3.53. The van der Waals surface area contributed by atoms with E-state index in [0.29, 0.717) is 0 Å². The molecule has 4 heteroatoms. The highest BCUT2D eigenvalue weighted by atomic mass is 32.1. The molecule has 1 N–H and O–H groups in total. The molecule has 3 aliphatic rings. The molecule has 1 aliphatic heterocycles. The second kappa shape index (κ2) is 5.30. The average molecular weight is 292 g/mol. The summed E-state index contributed by atoms with van der Waals surface area (Å²) in [6.07, 6.45) is 9.88. The number of aliphatic hydroxyl groups is 1. The molecule has 3 unspecified atom stereocenters. The second-order valence-corrected chi connectivity index (χ2v) is 7.81. The number of fused-ring (bicyclic) bond motifs is 2. The van der Waals surface area contributed by atoms with E-state index >= 15 is 0 Å². The molecule has 3 nitrogen and oxygen atoms in total. The molecular formula is C16H24N2OS. The van der Waals surface area contributed by atoms with Gasteiger partial charge in [-0.2, -0.15) is 0 Å². The summed E-state index contributed by atoms with van der Waals surface area (Å²) < 4.78 is 0. The Morgan fingerprint density at radius 1 is 1.05 bits per heavy atom. The largest absolute Gasteiger partial charge is 0.387 e. The van der Waals surface area contributed by atoms with Gasteiger partial charge in [-0.05, 0) is 43.9 Å². The molecule has 2 fully saturated rings. The van der Waals surface area contributed by atoms with E-state index in [1.807, 2.05) is 11.3 Å². The standard InChI is InChI=1S/C16H24N2OS/c19-13-6-3-7-14-15(13)17-16(20-14)18-9-8-11-4-1-2-5-12(11)10-18/h11-13,19H,1-10H2. The molecule has 0 radical (unpaired) electrons. The molecular weight excluding hydrogens is 268 g/mol. The van der Waals surface area contributed by atoms with Gasteiger partial charge < -0.3 is 10.0 Å². The molecule has 20 heavy (non-hydrogen) atoms. The van der Waals surface area contributed by atoms with Crippen LogP contribution in [-0.4, -0.2) is 23.2 Å². The first-order chi connectivity index (χ1) is 9.81. The van der Waals surface area contributed by atoms with Crippen molar-refractivity contribution >= 4 is 16.5 Å². The number of aliphatic hydroxyl groups excluding tert-OH is 1. The first-order valence-corrected chi connectivity index (χ1v) is 9.05. The number of aromatic nitrogens is 1. The highest BCUT2D eigenvalue weighted by molar-refractivity contribution is 7.15. The first kappa shape index (κ1) is 13.1. The zero-order valence-electron chi connectivity index (χ0n) is 12.1. The van der Waals surface area contributed by atoms with Gasteiger partial charge in [0.15, 0.2) is 5.13 Å². The normalized spacial score (nSPS) is 33.6. The molecule has 1 saturated heterocycles. The SMILES string of the molecule is OC1CCCc2sc(N3CCC4CCCCC4C3)nc21. The van der Waals surface area contributed by atoms with Crippen molar-refractivity contribution in [3.8, 4) is 0 Å². The minimum Gasteiger partial charge on any atom is -0.387 e. The lowest BCUT2D eigenvalue weighted by Gasteiger charge is -2.41. The fraction of sp³-hybridized carbons (Fsp3) is 0.812. The monoisotopic (exact) mass is 292 g/mol. The Labute approximate surface area is 125 Å².